The zero-order chi connectivity index (χ0) is 17.3. The molecule has 0 amide bonds. The molecule has 2 unspecified atom stereocenters. The summed E-state index contributed by atoms with van der Waals surface area (Å²) >= 11 is 0. The van der Waals surface area contributed by atoms with Crippen LogP contribution in [0.3, 0.4) is 0 Å². The minimum atomic E-state index is -0.287. The lowest BCUT2D eigenvalue weighted by Crippen LogP contribution is -2.41. The number of rotatable bonds is 4. The standard InChI is InChI=1S/C20H22N4O/c1-16-8-10-17(11-9-16)19-12-20(23(2)25-19,13-24-15-21-14-22-24)18-6-4-3-5-7-18/h3-11,14-15,19H,12-13H2,1-2H3. The molecule has 2 atom stereocenters. The number of hydrogen-bond acceptors (Lipinski definition) is 4. The Morgan fingerprint density at radius 2 is 1.88 bits per heavy atom. The molecule has 0 aliphatic carbocycles. The van der Waals surface area contributed by atoms with Crippen molar-refractivity contribution >= 4 is 0 Å². The van der Waals surface area contributed by atoms with Crippen molar-refractivity contribution in [2.45, 2.75) is 31.5 Å². The van der Waals surface area contributed by atoms with E-state index in [9.17, 15) is 0 Å². The summed E-state index contributed by atoms with van der Waals surface area (Å²) in [4.78, 5) is 10.4. The predicted octanol–water partition coefficient (Wildman–Crippen LogP) is 3.49. The van der Waals surface area contributed by atoms with Crippen LogP contribution in [0.1, 0.15) is 29.2 Å². The summed E-state index contributed by atoms with van der Waals surface area (Å²) in [6.07, 6.45) is 4.22. The summed E-state index contributed by atoms with van der Waals surface area (Å²) in [5.41, 5.74) is 3.40. The van der Waals surface area contributed by atoms with Gasteiger partial charge in [-0.05, 0) is 18.1 Å². The van der Waals surface area contributed by atoms with Crippen LogP contribution in [0.15, 0.2) is 67.3 Å². The fraction of sp³-hybridized carbons (Fsp3) is 0.300. The average molecular weight is 334 g/mol. The van der Waals surface area contributed by atoms with Gasteiger partial charge in [-0.15, -0.1) is 0 Å². The molecule has 5 nitrogen and oxygen atoms in total. The average Bonchev–Trinajstić information content (AvgIpc) is 3.26. The third kappa shape index (κ3) is 2.97. The highest BCUT2D eigenvalue weighted by molar-refractivity contribution is 5.29. The predicted molar refractivity (Wildman–Crippen MR) is 95.5 cm³/mol. The van der Waals surface area contributed by atoms with Gasteiger partial charge in [-0.1, -0.05) is 60.2 Å². The number of likely N-dealkylation sites (N-methyl/N-ethyl adjacent to an activating group) is 1. The Morgan fingerprint density at radius 3 is 2.56 bits per heavy atom. The fourth-order valence-corrected chi connectivity index (χ4v) is 3.61. The molecule has 0 saturated carbocycles. The van der Waals surface area contributed by atoms with Gasteiger partial charge in [0.2, 0.25) is 0 Å². The van der Waals surface area contributed by atoms with Gasteiger partial charge in [0.05, 0.1) is 12.1 Å². The highest BCUT2D eigenvalue weighted by Gasteiger charge is 2.47. The van der Waals surface area contributed by atoms with Crippen LogP contribution < -0.4 is 0 Å². The summed E-state index contributed by atoms with van der Waals surface area (Å²) < 4.78 is 1.88. The Labute approximate surface area is 147 Å². The molecule has 4 rings (SSSR count). The van der Waals surface area contributed by atoms with Gasteiger partial charge in [0.25, 0.3) is 0 Å². The van der Waals surface area contributed by atoms with Crippen LogP contribution in [0, 0.1) is 6.92 Å². The minimum Gasteiger partial charge on any atom is -0.290 e. The van der Waals surface area contributed by atoms with Crippen molar-refractivity contribution < 1.29 is 4.84 Å². The molecule has 2 aromatic carbocycles. The zero-order valence-electron chi connectivity index (χ0n) is 14.5. The molecular weight excluding hydrogens is 312 g/mol. The maximum atomic E-state index is 6.28. The third-order valence-corrected chi connectivity index (χ3v) is 5.06. The van der Waals surface area contributed by atoms with Crippen molar-refractivity contribution in [3.8, 4) is 0 Å². The van der Waals surface area contributed by atoms with Crippen molar-refractivity contribution in [3.63, 3.8) is 0 Å². The molecular formula is C20H22N4O. The highest BCUT2D eigenvalue weighted by Crippen LogP contribution is 2.46. The first kappa shape index (κ1) is 16.0. The number of aryl methyl sites for hydroxylation is 1. The molecule has 25 heavy (non-hydrogen) atoms. The maximum absolute atomic E-state index is 6.28. The van der Waals surface area contributed by atoms with Gasteiger partial charge in [-0.3, -0.25) is 9.52 Å². The number of aromatic nitrogens is 3. The third-order valence-electron chi connectivity index (χ3n) is 5.06. The SMILES string of the molecule is Cc1ccc(C2CC(Cn3cncn3)(c3ccccc3)N(C)O2)cc1. The summed E-state index contributed by atoms with van der Waals surface area (Å²) in [7, 11) is 2.01. The first-order chi connectivity index (χ1) is 12.2. The number of hydroxylamine groups is 2. The van der Waals surface area contributed by atoms with E-state index in [4.69, 9.17) is 4.84 Å². The lowest BCUT2D eigenvalue weighted by molar-refractivity contribution is -0.176. The van der Waals surface area contributed by atoms with Crippen LogP contribution in [-0.2, 0) is 16.9 Å². The number of benzene rings is 2. The molecule has 0 radical (unpaired) electrons. The van der Waals surface area contributed by atoms with Crippen LogP contribution in [0.2, 0.25) is 0 Å². The van der Waals surface area contributed by atoms with Crippen LogP contribution in [-0.4, -0.2) is 26.9 Å². The van der Waals surface area contributed by atoms with Gasteiger partial charge >= 0.3 is 0 Å². The van der Waals surface area contributed by atoms with E-state index in [0.717, 1.165) is 6.42 Å². The Balaban J connectivity index is 1.72. The van der Waals surface area contributed by atoms with E-state index < -0.39 is 0 Å². The molecule has 1 fully saturated rings. The van der Waals surface area contributed by atoms with Crippen LogP contribution in [0.5, 0.6) is 0 Å². The molecule has 128 valence electrons. The highest BCUT2D eigenvalue weighted by atomic mass is 16.7. The smallest absolute Gasteiger partial charge is 0.137 e. The Kier molecular flexibility index (Phi) is 4.11. The zero-order valence-corrected chi connectivity index (χ0v) is 14.5. The topological polar surface area (TPSA) is 43.2 Å². The summed E-state index contributed by atoms with van der Waals surface area (Å²) in [6, 6.07) is 19.1. The van der Waals surface area contributed by atoms with Crippen LogP contribution >= 0.6 is 0 Å². The van der Waals surface area contributed by atoms with Crippen molar-refractivity contribution in [1.82, 2.24) is 19.8 Å². The first-order valence-electron chi connectivity index (χ1n) is 8.52. The number of nitrogens with zero attached hydrogens (tertiary/aromatic N) is 4. The molecule has 3 aromatic rings. The quantitative estimate of drug-likeness (QED) is 0.732. The van der Waals surface area contributed by atoms with Crippen LogP contribution in [0.25, 0.3) is 0 Å². The Bertz CT molecular complexity index is 817. The largest absolute Gasteiger partial charge is 0.290 e. The Morgan fingerprint density at radius 1 is 1.12 bits per heavy atom. The van der Waals surface area contributed by atoms with E-state index in [1.807, 2.05) is 22.9 Å². The first-order valence-corrected chi connectivity index (χ1v) is 8.52. The van der Waals surface area contributed by atoms with Gasteiger partial charge in [0, 0.05) is 13.5 Å². The minimum absolute atomic E-state index is 0.0225. The molecule has 0 N–H and O–H groups in total. The van der Waals surface area contributed by atoms with Crippen molar-refractivity contribution in [3.05, 3.63) is 83.9 Å². The van der Waals surface area contributed by atoms with Gasteiger partial charge in [0.1, 0.15) is 18.8 Å². The molecule has 2 heterocycles. The van der Waals surface area contributed by atoms with E-state index in [0.29, 0.717) is 6.54 Å². The van der Waals surface area contributed by atoms with Gasteiger partial charge in [-0.25, -0.2) is 4.98 Å². The molecule has 0 bridgehead atoms. The van der Waals surface area contributed by atoms with Crippen molar-refractivity contribution in [2.24, 2.45) is 0 Å². The maximum Gasteiger partial charge on any atom is 0.137 e. The van der Waals surface area contributed by atoms with Crippen LogP contribution in [0.4, 0.5) is 0 Å². The monoisotopic (exact) mass is 334 g/mol. The van der Waals surface area contributed by atoms with Gasteiger partial charge in [-0.2, -0.15) is 10.2 Å². The molecule has 1 saturated heterocycles. The van der Waals surface area contributed by atoms with E-state index >= 15 is 0 Å². The molecule has 0 spiro atoms. The Hall–Kier alpha value is -2.50. The lowest BCUT2D eigenvalue weighted by atomic mass is 9.83. The summed E-state index contributed by atoms with van der Waals surface area (Å²) in [5, 5.41) is 6.31. The van der Waals surface area contributed by atoms with Crippen molar-refractivity contribution in [2.75, 3.05) is 7.05 Å². The normalized spacial score (nSPS) is 23.8. The lowest BCUT2D eigenvalue weighted by Gasteiger charge is -2.34. The second-order valence-corrected chi connectivity index (χ2v) is 6.70. The summed E-state index contributed by atoms with van der Waals surface area (Å²) in [6.45, 7) is 2.79. The fourth-order valence-electron chi connectivity index (χ4n) is 3.61. The second kappa shape index (κ2) is 6.43. The van der Waals surface area contributed by atoms with E-state index in [1.165, 1.54) is 16.7 Å². The molecule has 1 aliphatic heterocycles. The van der Waals surface area contributed by atoms with Gasteiger partial charge in [0.15, 0.2) is 0 Å². The second-order valence-electron chi connectivity index (χ2n) is 6.70. The molecule has 1 aromatic heterocycles. The molecule has 5 heteroatoms. The van der Waals surface area contributed by atoms with Gasteiger partial charge < -0.3 is 0 Å². The number of hydrogen-bond donors (Lipinski definition) is 0. The van der Waals surface area contributed by atoms with E-state index in [2.05, 4.69) is 65.5 Å². The molecule has 1 aliphatic rings. The van der Waals surface area contributed by atoms with E-state index in [-0.39, 0.29) is 11.6 Å². The van der Waals surface area contributed by atoms with E-state index in [1.54, 1.807) is 12.7 Å². The summed E-state index contributed by atoms with van der Waals surface area (Å²) in [5.74, 6) is 0. The van der Waals surface area contributed by atoms with Crippen molar-refractivity contribution in [1.29, 1.82) is 0 Å².